The Bertz CT molecular complexity index is 93.2. The lowest BCUT2D eigenvalue weighted by Crippen LogP contribution is -2.51. The third kappa shape index (κ3) is 2.24. The van der Waals surface area contributed by atoms with E-state index in [1.165, 1.54) is 0 Å². The highest BCUT2D eigenvalue weighted by atomic mass is 79.9. The van der Waals surface area contributed by atoms with Crippen molar-refractivity contribution in [2.75, 3.05) is 0 Å². The van der Waals surface area contributed by atoms with Gasteiger partial charge in [-0.25, -0.2) is 0 Å². The summed E-state index contributed by atoms with van der Waals surface area (Å²) in [6, 6.07) is 0. The minimum Gasteiger partial charge on any atom is -0.313 e. The van der Waals surface area contributed by atoms with E-state index in [4.69, 9.17) is 11.5 Å². The van der Waals surface area contributed by atoms with Crippen LogP contribution in [0.4, 0.5) is 0 Å². The van der Waals surface area contributed by atoms with Gasteiger partial charge in [0, 0.05) is 4.83 Å². The van der Waals surface area contributed by atoms with Crippen LogP contribution in [0.5, 0.6) is 0 Å². The van der Waals surface area contributed by atoms with Crippen molar-refractivity contribution in [2.24, 2.45) is 11.5 Å². The molecule has 0 heterocycles. The smallest absolute Gasteiger partial charge is 0.0637 e. The summed E-state index contributed by atoms with van der Waals surface area (Å²) in [6.07, 6.45) is 4.13. The second kappa shape index (κ2) is 2.56. The van der Waals surface area contributed by atoms with Crippen LogP contribution in [-0.4, -0.2) is 10.5 Å². The van der Waals surface area contributed by atoms with Crippen molar-refractivity contribution < 1.29 is 0 Å². The minimum absolute atomic E-state index is 0.371. The van der Waals surface area contributed by atoms with Crippen LogP contribution in [0.2, 0.25) is 0 Å². The zero-order valence-corrected chi connectivity index (χ0v) is 7.02. The van der Waals surface area contributed by atoms with E-state index >= 15 is 0 Å². The van der Waals surface area contributed by atoms with Gasteiger partial charge < -0.3 is 11.5 Å². The molecule has 1 rings (SSSR count). The number of nitrogens with two attached hydrogens (primary N) is 2. The molecule has 0 spiro atoms. The van der Waals surface area contributed by atoms with Gasteiger partial charge in [-0.2, -0.15) is 0 Å². The van der Waals surface area contributed by atoms with Crippen LogP contribution < -0.4 is 11.5 Å². The number of hydrogen-bond acceptors (Lipinski definition) is 2. The summed E-state index contributed by atoms with van der Waals surface area (Å²) in [4.78, 5) is 0.651. The van der Waals surface area contributed by atoms with Crippen LogP contribution in [0.15, 0.2) is 0 Å². The van der Waals surface area contributed by atoms with Crippen LogP contribution in [-0.2, 0) is 0 Å². The van der Waals surface area contributed by atoms with Gasteiger partial charge in [-0.05, 0) is 25.7 Å². The van der Waals surface area contributed by atoms with Gasteiger partial charge >= 0.3 is 0 Å². The van der Waals surface area contributed by atoms with E-state index in [0.29, 0.717) is 4.83 Å². The molecule has 1 saturated carbocycles. The van der Waals surface area contributed by atoms with E-state index in [0.717, 1.165) is 25.7 Å². The van der Waals surface area contributed by atoms with Gasteiger partial charge in [-0.3, -0.25) is 0 Å². The summed E-state index contributed by atoms with van der Waals surface area (Å²) in [6.45, 7) is 0. The molecule has 0 bridgehead atoms. The lowest BCUT2D eigenvalue weighted by Gasteiger charge is -2.31. The molecule has 0 saturated heterocycles. The van der Waals surface area contributed by atoms with E-state index in [9.17, 15) is 0 Å². The molecule has 1 aliphatic rings. The Kier molecular flexibility index (Phi) is 2.14. The molecule has 0 aromatic rings. The van der Waals surface area contributed by atoms with Crippen molar-refractivity contribution in [2.45, 2.75) is 36.2 Å². The maximum Gasteiger partial charge on any atom is 0.0637 e. The fourth-order valence-corrected chi connectivity index (χ4v) is 1.58. The standard InChI is InChI=1S/C6H13BrN2/c7-5-1-3-6(8,9)4-2-5/h5H,1-4,8-9H2. The second-order valence-corrected chi connectivity index (χ2v) is 4.20. The maximum atomic E-state index is 5.70. The Hall–Kier alpha value is 0.400. The number of halogens is 1. The van der Waals surface area contributed by atoms with Crippen LogP contribution in [0.1, 0.15) is 25.7 Å². The van der Waals surface area contributed by atoms with Crippen LogP contribution in [0.3, 0.4) is 0 Å². The molecule has 0 radical (unpaired) electrons. The van der Waals surface area contributed by atoms with Crippen molar-refractivity contribution in [1.82, 2.24) is 0 Å². The first-order valence-corrected chi connectivity index (χ1v) is 4.23. The Labute approximate surface area is 64.1 Å². The SMILES string of the molecule is NC1(N)CCC(Br)CC1. The number of alkyl halides is 1. The van der Waals surface area contributed by atoms with E-state index in [1.807, 2.05) is 0 Å². The number of rotatable bonds is 0. The molecule has 0 aromatic carbocycles. The Morgan fingerprint density at radius 1 is 1.22 bits per heavy atom. The van der Waals surface area contributed by atoms with Gasteiger partial charge in [0.15, 0.2) is 0 Å². The number of hydrogen-bond donors (Lipinski definition) is 2. The van der Waals surface area contributed by atoms with Gasteiger partial charge in [-0.1, -0.05) is 15.9 Å². The second-order valence-electron chi connectivity index (χ2n) is 2.91. The third-order valence-corrected chi connectivity index (χ3v) is 2.76. The summed E-state index contributed by atoms with van der Waals surface area (Å²) >= 11 is 3.53. The molecule has 9 heavy (non-hydrogen) atoms. The monoisotopic (exact) mass is 192 g/mol. The summed E-state index contributed by atoms with van der Waals surface area (Å²) in [5.41, 5.74) is 11.0. The fourth-order valence-electron chi connectivity index (χ4n) is 1.12. The van der Waals surface area contributed by atoms with Crippen LogP contribution in [0, 0.1) is 0 Å². The topological polar surface area (TPSA) is 52.0 Å². The molecule has 1 aliphatic carbocycles. The largest absolute Gasteiger partial charge is 0.313 e. The fraction of sp³-hybridized carbons (Fsp3) is 1.00. The molecule has 54 valence electrons. The molecule has 2 nitrogen and oxygen atoms in total. The van der Waals surface area contributed by atoms with Crippen molar-refractivity contribution in [3.05, 3.63) is 0 Å². The summed E-state index contributed by atoms with van der Waals surface area (Å²) in [7, 11) is 0. The normalized spacial score (nSPS) is 28.3. The van der Waals surface area contributed by atoms with Gasteiger partial charge in [0.1, 0.15) is 0 Å². The molecule has 3 heteroatoms. The molecule has 0 unspecified atom stereocenters. The molecule has 4 N–H and O–H groups in total. The van der Waals surface area contributed by atoms with Crippen molar-refractivity contribution >= 4 is 15.9 Å². The highest BCUT2D eigenvalue weighted by molar-refractivity contribution is 9.09. The Morgan fingerprint density at radius 2 is 1.67 bits per heavy atom. The first-order valence-electron chi connectivity index (χ1n) is 3.32. The first-order chi connectivity index (χ1) is 4.10. The van der Waals surface area contributed by atoms with Crippen molar-refractivity contribution in [3.63, 3.8) is 0 Å². The van der Waals surface area contributed by atoms with E-state index in [2.05, 4.69) is 15.9 Å². The average molecular weight is 193 g/mol. The first kappa shape index (κ1) is 7.51. The summed E-state index contributed by atoms with van der Waals surface area (Å²) < 4.78 is 0. The quantitative estimate of drug-likeness (QED) is 0.444. The van der Waals surface area contributed by atoms with Crippen LogP contribution >= 0.6 is 15.9 Å². The van der Waals surface area contributed by atoms with Gasteiger partial charge in [0.25, 0.3) is 0 Å². The third-order valence-electron chi connectivity index (χ3n) is 1.85. The predicted molar refractivity (Wildman–Crippen MR) is 42.3 cm³/mol. The highest BCUT2D eigenvalue weighted by Crippen LogP contribution is 2.26. The van der Waals surface area contributed by atoms with Crippen LogP contribution in [0.25, 0.3) is 0 Å². The van der Waals surface area contributed by atoms with Crippen molar-refractivity contribution in [1.29, 1.82) is 0 Å². The van der Waals surface area contributed by atoms with Gasteiger partial charge in [0.2, 0.25) is 0 Å². The molecule has 1 fully saturated rings. The maximum absolute atomic E-state index is 5.70. The Morgan fingerprint density at radius 3 is 2.00 bits per heavy atom. The van der Waals surface area contributed by atoms with E-state index < -0.39 is 0 Å². The summed E-state index contributed by atoms with van der Waals surface area (Å²) in [5.74, 6) is 0. The van der Waals surface area contributed by atoms with Gasteiger partial charge in [-0.15, -0.1) is 0 Å². The summed E-state index contributed by atoms with van der Waals surface area (Å²) in [5, 5.41) is 0. The Balaban J connectivity index is 2.35. The molecule has 0 atom stereocenters. The molecule has 0 amide bonds. The average Bonchev–Trinajstić information content (AvgIpc) is 1.78. The van der Waals surface area contributed by atoms with E-state index in [1.54, 1.807) is 0 Å². The minimum atomic E-state index is -0.371. The molecule has 0 aromatic heterocycles. The highest BCUT2D eigenvalue weighted by Gasteiger charge is 2.25. The molecule has 0 aliphatic heterocycles. The zero-order chi connectivity index (χ0) is 6.91. The van der Waals surface area contributed by atoms with Crippen molar-refractivity contribution in [3.8, 4) is 0 Å². The lowest BCUT2D eigenvalue weighted by atomic mass is 9.91. The predicted octanol–water partition coefficient (Wildman–Crippen LogP) is 0.938. The van der Waals surface area contributed by atoms with Gasteiger partial charge in [0.05, 0.1) is 5.66 Å². The molecular formula is C6H13BrN2. The zero-order valence-electron chi connectivity index (χ0n) is 5.44. The molecular weight excluding hydrogens is 180 g/mol. The lowest BCUT2D eigenvalue weighted by molar-refractivity contribution is 0.313. The van der Waals surface area contributed by atoms with E-state index in [-0.39, 0.29) is 5.66 Å².